The Morgan fingerprint density at radius 1 is 0.720 bits per heavy atom. The molecule has 2 rings (SSSR count). The molecule has 2 aliphatic heterocycles. The first-order valence-electron chi connectivity index (χ1n) is 8.05. The molecule has 0 spiro atoms. The molecular formula is C14H26O11. The van der Waals surface area contributed by atoms with E-state index in [0.29, 0.717) is 0 Å². The number of aliphatic hydroxyl groups excluding tert-OH is 7. The summed E-state index contributed by atoms with van der Waals surface area (Å²) in [5.74, 6) is 0. The van der Waals surface area contributed by atoms with Crippen LogP contribution >= 0.6 is 0 Å². The van der Waals surface area contributed by atoms with Crippen molar-refractivity contribution >= 4 is 0 Å². The topological polar surface area (TPSA) is 179 Å². The SMILES string of the molecule is CCO[C@@H]1OC(CO)[C@H](O[C@@H]2OC(CO)[C@H](O)C(O)[C@@H]2O)C(O)[C@@H]1O. The minimum absolute atomic E-state index is 0.199. The van der Waals surface area contributed by atoms with E-state index < -0.39 is 74.6 Å². The van der Waals surface area contributed by atoms with Crippen LogP contribution in [0.3, 0.4) is 0 Å². The first-order chi connectivity index (χ1) is 11.8. The van der Waals surface area contributed by atoms with Crippen LogP contribution in [0.2, 0.25) is 0 Å². The number of ether oxygens (including phenoxy) is 4. The smallest absolute Gasteiger partial charge is 0.187 e. The van der Waals surface area contributed by atoms with Gasteiger partial charge in [-0.25, -0.2) is 0 Å². The quantitative estimate of drug-likeness (QED) is 0.240. The maximum Gasteiger partial charge on any atom is 0.187 e. The van der Waals surface area contributed by atoms with Gasteiger partial charge in [0.2, 0.25) is 0 Å². The molecule has 2 aliphatic rings. The zero-order valence-electron chi connectivity index (χ0n) is 13.7. The Hall–Kier alpha value is -0.440. The Kier molecular flexibility index (Phi) is 7.49. The molecule has 2 saturated heterocycles. The molecule has 0 radical (unpaired) electrons. The summed E-state index contributed by atoms with van der Waals surface area (Å²) in [7, 11) is 0. The monoisotopic (exact) mass is 370 g/mol. The van der Waals surface area contributed by atoms with E-state index in [2.05, 4.69) is 0 Å². The summed E-state index contributed by atoms with van der Waals surface area (Å²) in [6.07, 6.45) is -14.3. The second kappa shape index (κ2) is 8.97. The van der Waals surface area contributed by atoms with E-state index in [1.807, 2.05) is 0 Å². The normalized spacial score (nSPS) is 48.5. The highest BCUT2D eigenvalue weighted by Gasteiger charge is 2.50. The largest absolute Gasteiger partial charge is 0.394 e. The number of hydrogen-bond acceptors (Lipinski definition) is 11. The highest BCUT2D eigenvalue weighted by atomic mass is 16.7. The zero-order valence-corrected chi connectivity index (χ0v) is 13.7. The lowest BCUT2D eigenvalue weighted by Crippen LogP contribution is -2.64. The predicted molar refractivity (Wildman–Crippen MR) is 78.0 cm³/mol. The molecule has 7 N–H and O–H groups in total. The third kappa shape index (κ3) is 4.28. The molecule has 2 fully saturated rings. The molecule has 11 heteroatoms. The molecule has 148 valence electrons. The van der Waals surface area contributed by atoms with Gasteiger partial charge < -0.3 is 54.7 Å². The van der Waals surface area contributed by atoms with Crippen molar-refractivity contribution in [3.05, 3.63) is 0 Å². The van der Waals surface area contributed by atoms with Crippen LogP contribution in [0, 0.1) is 0 Å². The van der Waals surface area contributed by atoms with Crippen molar-refractivity contribution in [1.82, 2.24) is 0 Å². The summed E-state index contributed by atoms with van der Waals surface area (Å²) >= 11 is 0. The number of rotatable bonds is 6. The van der Waals surface area contributed by atoms with Crippen LogP contribution < -0.4 is 0 Å². The van der Waals surface area contributed by atoms with Crippen LogP contribution in [0.5, 0.6) is 0 Å². The van der Waals surface area contributed by atoms with Crippen LogP contribution in [-0.4, -0.2) is 117 Å². The molecule has 0 aliphatic carbocycles. The fourth-order valence-electron chi connectivity index (χ4n) is 2.86. The summed E-state index contributed by atoms with van der Waals surface area (Å²) in [6, 6.07) is 0. The van der Waals surface area contributed by atoms with Crippen molar-refractivity contribution in [1.29, 1.82) is 0 Å². The van der Waals surface area contributed by atoms with E-state index >= 15 is 0 Å². The lowest BCUT2D eigenvalue weighted by Gasteiger charge is -2.45. The molecule has 4 unspecified atom stereocenters. The predicted octanol–water partition coefficient (Wildman–Crippen LogP) is -4.35. The van der Waals surface area contributed by atoms with E-state index in [0.717, 1.165) is 0 Å². The maximum absolute atomic E-state index is 10.2. The van der Waals surface area contributed by atoms with Gasteiger partial charge in [-0.2, -0.15) is 0 Å². The van der Waals surface area contributed by atoms with Gasteiger partial charge in [0, 0.05) is 6.61 Å². The van der Waals surface area contributed by atoms with Crippen molar-refractivity contribution < 1.29 is 54.7 Å². The summed E-state index contributed by atoms with van der Waals surface area (Å²) in [5, 5.41) is 68.4. The van der Waals surface area contributed by atoms with Gasteiger partial charge in [-0.3, -0.25) is 0 Å². The second-order valence-electron chi connectivity index (χ2n) is 5.96. The van der Waals surface area contributed by atoms with Gasteiger partial charge in [0.25, 0.3) is 0 Å². The van der Waals surface area contributed by atoms with Crippen LogP contribution in [0.1, 0.15) is 6.92 Å². The minimum atomic E-state index is -1.69. The van der Waals surface area contributed by atoms with Gasteiger partial charge in [0.05, 0.1) is 13.2 Å². The van der Waals surface area contributed by atoms with Crippen LogP contribution in [-0.2, 0) is 18.9 Å². The molecule has 0 aromatic carbocycles. The molecule has 0 aromatic heterocycles. The summed E-state index contributed by atoms with van der Waals surface area (Å²) in [5.41, 5.74) is 0. The van der Waals surface area contributed by atoms with E-state index in [1.165, 1.54) is 0 Å². The number of hydrogen-bond donors (Lipinski definition) is 7. The minimum Gasteiger partial charge on any atom is -0.394 e. The molecule has 0 aromatic rings. The Balaban J connectivity index is 2.11. The van der Waals surface area contributed by atoms with Gasteiger partial charge in [-0.05, 0) is 6.92 Å². The van der Waals surface area contributed by atoms with Crippen molar-refractivity contribution in [2.75, 3.05) is 19.8 Å². The summed E-state index contributed by atoms with van der Waals surface area (Å²) in [6.45, 7) is 0.625. The molecule has 10 atom stereocenters. The molecule has 0 bridgehead atoms. The Morgan fingerprint density at radius 3 is 1.84 bits per heavy atom. The molecule has 11 nitrogen and oxygen atoms in total. The highest BCUT2D eigenvalue weighted by Crippen LogP contribution is 2.29. The fraction of sp³-hybridized carbons (Fsp3) is 1.00. The molecule has 0 saturated carbocycles. The van der Waals surface area contributed by atoms with Crippen molar-refractivity contribution in [2.45, 2.75) is 68.3 Å². The lowest BCUT2D eigenvalue weighted by molar-refractivity contribution is -0.359. The summed E-state index contributed by atoms with van der Waals surface area (Å²) in [4.78, 5) is 0. The molecule has 2 heterocycles. The molecule has 0 amide bonds. The standard InChI is InChI=1S/C14H26O11/c1-2-22-13-11(21)9(19)12(6(4-16)24-13)25-14-10(20)8(18)7(17)5(3-15)23-14/h5-21H,2-4H2,1H3/t5?,6?,7-,8?,9?,10-,11-,12-,13+,14-/m0/s1. The van der Waals surface area contributed by atoms with Gasteiger partial charge in [0.1, 0.15) is 48.8 Å². The maximum atomic E-state index is 10.2. The molecular weight excluding hydrogens is 344 g/mol. The first-order valence-corrected chi connectivity index (χ1v) is 8.05. The van der Waals surface area contributed by atoms with Crippen LogP contribution in [0.4, 0.5) is 0 Å². The van der Waals surface area contributed by atoms with Gasteiger partial charge in [-0.15, -0.1) is 0 Å². The van der Waals surface area contributed by atoms with Gasteiger partial charge in [0.15, 0.2) is 12.6 Å². The van der Waals surface area contributed by atoms with Crippen molar-refractivity contribution in [3.8, 4) is 0 Å². The molecule has 25 heavy (non-hydrogen) atoms. The fourth-order valence-corrected chi connectivity index (χ4v) is 2.86. The average Bonchev–Trinajstić information content (AvgIpc) is 2.61. The third-order valence-corrected chi connectivity index (χ3v) is 4.29. The van der Waals surface area contributed by atoms with Gasteiger partial charge >= 0.3 is 0 Å². The van der Waals surface area contributed by atoms with E-state index in [-0.39, 0.29) is 6.61 Å². The van der Waals surface area contributed by atoms with Crippen LogP contribution in [0.15, 0.2) is 0 Å². The average molecular weight is 370 g/mol. The lowest BCUT2D eigenvalue weighted by atomic mass is 9.97. The summed E-state index contributed by atoms with van der Waals surface area (Å²) < 4.78 is 21.1. The van der Waals surface area contributed by atoms with Crippen molar-refractivity contribution in [2.24, 2.45) is 0 Å². The highest BCUT2D eigenvalue weighted by molar-refractivity contribution is 4.93. The van der Waals surface area contributed by atoms with E-state index in [4.69, 9.17) is 18.9 Å². The number of aliphatic hydroxyl groups is 7. The second-order valence-corrected chi connectivity index (χ2v) is 5.96. The Morgan fingerprint density at radius 2 is 1.28 bits per heavy atom. The Bertz CT molecular complexity index is 406. The van der Waals surface area contributed by atoms with Crippen LogP contribution in [0.25, 0.3) is 0 Å². The third-order valence-electron chi connectivity index (χ3n) is 4.29. The zero-order chi connectivity index (χ0) is 18.7. The van der Waals surface area contributed by atoms with E-state index in [1.54, 1.807) is 6.92 Å². The first kappa shape index (κ1) is 20.9. The van der Waals surface area contributed by atoms with Crippen molar-refractivity contribution in [3.63, 3.8) is 0 Å². The van der Waals surface area contributed by atoms with E-state index in [9.17, 15) is 35.7 Å². The Labute approximate surface area is 143 Å². The van der Waals surface area contributed by atoms with Gasteiger partial charge in [-0.1, -0.05) is 0 Å².